The molecule has 1 aromatic carbocycles. The molecule has 0 fully saturated rings. The van der Waals surface area contributed by atoms with Crippen LogP contribution in [0.5, 0.6) is 5.75 Å². The summed E-state index contributed by atoms with van der Waals surface area (Å²) in [6.45, 7) is 2.73. The van der Waals surface area contributed by atoms with Crippen LogP contribution in [-0.4, -0.2) is 27.7 Å². The monoisotopic (exact) mass is 285 g/mol. The molecule has 1 amide bonds. The van der Waals surface area contributed by atoms with Crippen molar-refractivity contribution < 1.29 is 9.90 Å². The first-order valence-electron chi connectivity index (χ1n) is 6.83. The fourth-order valence-corrected chi connectivity index (χ4v) is 2.34. The maximum absolute atomic E-state index is 11.8. The molecular weight excluding hydrogens is 266 g/mol. The summed E-state index contributed by atoms with van der Waals surface area (Å²) in [4.78, 5) is 11.8. The van der Waals surface area contributed by atoms with Crippen LogP contribution in [0.2, 0.25) is 0 Å². The highest BCUT2D eigenvalue weighted by molar-refractivity contribution is 5.90. The summed E-state index contributed by atoms with van der Waals surface area (Å²) in [5.41, 5.74) is 5.03. The number of benzene rings is 1. The number of amides is 1. The van der Waals surface area contributed by atoms with Gasteiger partial charge < -0.3 is 15.4 Å². The van der Waals surface area contributed by atoms with E-state index in [0.717, 1.165) is 11.9 Å². The van der Waals surface area contributed by atoms with Crippen LogP contribution in [0, 0.1) is 12.3 Å². The number of rotatable bonds is 6. The van der Waals surface area contributed by atoms with Crippen molar-refractivity contribution in [1.82, 2.24) is 9.88 Å². The van der Waals surface area contributed by atoms with Gasteiger partial charge in [-0.1, -0.05) is 25.0 Å². The number of carbonyl (C=O) groups excluding carboxylic acids is 1. The number of nitrogens with zero attached hydrogens (tertiary/aromatic N) is 1. The highest BCUT2D eigenvalue weighted by Gasteiger charge is 2.34. The number of para-hydroxylation sites is 1. The molecule has 110 valence electrons. The van der Waals surface area contributed by atoms with Crippen molar-refractivity contribution in [3.05, 3.63) is 30.5 Å². The van der Waals surface area contributed by atoms with Gasteiger partial charge in [-0.2, -0.15) is 0 Å². The summed E-state index contributed by atoms with van der Waals surface area (Å²) < 4.78 is 1.75. The van der Waals surface area contributed by atoms with Crippen molar-refractivity contribution in [2.24, 2.45) is 5.73 Å². The quantitative estimate of drug-likeness (QED) is 0.698. The second-order valence-corrected chi connectivity index (χ2v) is 5.00. The number of primary amides is 1. The maximum atomic E-state index is 11.8. The first kappa shape index (κ1) is 14.9. The Morgan fingerprint density at radius 3 is 2.86 bits per heavy atom. The summed E-state index contributed by atoms with van der Waals surface area (Å²) >= 11 is 0. The Labute approximate surface area is 123 Å². The molecule has 2 rings (SSSR count). The van der Waals surface area contributed by atoms with Gasteiger partial charge in [0, 0.05) is 11.6 Å². The van der Waals surface area contributed by atoms with E-state index < -0.39 is 11.4 Å². The minimum atomic E-state index is -1.27. The van der Waals surface area contributed by atoms with Crippen LogP contribution in [0.3, 0.4) is 0 Å². The molecule has 0 saturated heterocycles. The SMILES string of the molecule is C#CC(Cn1cc(O)c2ccccc21)(NCCC)C(N)=O. The summed E-state index contributed by atoms with van der Waals surface area (Å²) in [6, 6.07) is 7.36. The molecule has 0 bridgehead atoms. The molecule has 0 aliphatic carbocycles. The molecule has 0 aliphatic rings. The van der Waals surface area contributed by atoms with E-state index in [4.69, 9.17) is 12.2 Å². The van der Waals surface area contributed by atoms with Crippen molar-refractivity contribution >= 4 is 16.8 Å². The maximum Gasteiger partial charge on any atom is 0.252 e. The van der Waals surface area contributed by atoms with Gasteiger partial charge >= 0.3 is 0 Å². The van der Waals surface area contributed by atoms with E-state index in [-0.39, 0.29) is 12.3 Å². The summed E-state index contributed by atoms with van der Waals surface area (Å²) in [7, 11) is 0. The van der Waals surface area contributed by atoms with Crippen molar-refractivity contribution in [3.8, 4) is 18.1 Å². The normalized spacial score (nSPS) is 13.7. The van der Waals surface area contributed by atoms with Gasteiger partial charge in [0.15, 0.2) is 5.54 Å². The topological polar surface area (TPSA) is 80.3 Å². The number of fused-ring (bicyclic) bond motifs is 1. The molecule has 0 saturated carbocycles. The Morgan fingerprint density at radius 1 is 1.52 bits per heavy atom. The molecule has 5 heteroatoms. The fourth-order valence-electron chi connectivity index (χ4n) is 2.34. The van der Waals surface area contributed by atoms with E-state index in [1.54, 1.807) is 10.8 Å². The Kier molecular flexibility index (Phi) is 4.20. The number of nitrogens with two attached hydrogens (primary N) is 1. The number of aromatic hydroxyl groups is 1. The van der Waals surface area contributed by atoms with Gasteiger partial charge in [-0.3, -0.25) is 10.1 Å². The highest BCUT2D eigenvalue weighted by Crippen LogP contribution is 2.27. The van der Waals surface area contributed by atoms with Crippen LogP contribution < -0.4 is 11.1 Å². The summed E-state index contributed by atoms with van der Waals surface area (Å²) in [6.07, 6.45) is 7.95. The molecule has 1 aromatic heterocycles. The zero-order chi connectivity index (χ0) is 15.5. The Morgan fingerprint density at radius 2 is 2.24 bits per heavy atom. The molecule has 5 nitrogen and oxygen atoms in total. The Balaban J connectivity index is 2.44. The van der Waals surface area contributed by atoms with Gasteiger partial charge in [-0.05, 0) is 25.1 Å². The van der Waals surface area contributed by atoms with Crippen LogP contribution in [0.25, 0.3) is 10.9 Å². The molecule has 0 spiro atoms. The lowest BCUT2D eigenvalue weighted by Crippen LogP contribution is -2.57. The van der Waals surface area contributed by atoms with Crippen molar-refractivity contribution in [1.29, 1.82) is 0 Å². The molecule has 2 aromatic rings. The smallest absolute Gasteiger partial charge is 0.252 e. The lowest BCUT2D eigenvalue weighted by atomic mass is 9.99. The number of terminal acetylenes is 1. The molecule has 21 heavy (non-hydrogen) atoms. The van der Waals surface area contributed by atoms with Crippen LogP contribution in [0.1, 0.15) is 13.3 Å². The summed E-state index contributed by atoms with van der Waals surface area (Å²) in [5, 5.41) is 13.7. The second-order valence-electron chi connectivity index (χ2n) is 5.00. The van der Waals surface area contributed by atoms with Crippen molar-refractivity contribution in [2.45, 2.75) is 25.4 Å². The van der Waals surface area contributed by atoms with Gasteiger partial charge in [0.2, 0.25) is 0 Å². The third-order valence-corrected chi connectivity index (χ3v) is 3.52. The third-order valence-electron chi connectivity index (χ3n) is 3.52. The van der Waals surface area contributed by atoms with Gasteiger partial charge in [0.05, 0.1) is 12.1 Å². The molecule has 0 aliphatic heterocycles. The first-order chi connectivity index (χ1) is 10.0. The van der Waals surface area contributed by atoms with E-state index in [1.807, 2.05) is 31.2 Å². The molecule has 4 N–H and O–H groups in total. The van der Waals surface area contributed by atoms with E-state index in [2.05, 4.69) is 11.2 Å². The summed E-state index contributed by atoms with van der Waals surface area (Å²) in [5.74, 6) is 2.03. The molecule has 1 atom stereocenters. The predicted molar refractivity (Wildman–Crippen MR) is 82.7 cm³/mol. The average molecular weight is 285 g/mol. The van der Waals surface area contributed by atoms with E-state index in [0.29, 0.717) is 11.9 Å². The Hall–Kier alpha value is -2.45. The zero-order valence-corrected chi connectivity index (χ0v) is 12.0. The highest BCUT2D eigenvalue weighted by atomic mass is 16.3. The molecule has 1 heterocycles. The first-order valence-corrected chi connectivity index (χ1v) is 6.83. The lowest BCUT2D eigenvalue weighted by molar-refractivity contribution is -0.122. The fraction of sp³-hybridized carbons (Fsp3) is 0.312. The Bertz CT molecular complexity index is 699. The van der Waals surface area contributed by atoms with Gasteiger partial charge in [0.25, 0.3) is 5.91 Å². The van der Waals surface area contributed by atoms with Crippen LogP contribution in [0.15, 0.2) is 30.5 Å². The average Bonchev–Trinajstić information content (AvgIpc) is 2.80. The predicted octanol–water partition coefficient (Wildman–Crippen LogP) is 1.20. The number of hydrogen-bond donors (Lipinski definition) is 3. The zero-order valence-electron chi connectivity index (χ0n) is 12.0. The minimum Gasteiger partial charge on any atom is -0.506 e. The largest absolute Gasteiger partial charge is 0.506 e. The molecule has 1 unspecified atom stereocenters. The lowest BCUT2D eigenvalue weighted by Gasteiger charge is -2.27. The molecule has 0 radical (unpaired) electrons. The van der Waals surface area contributed by atoms with Crippen molar-refractivity contribution in [2.75, 3.05) is 6.54 Å². The minimum absolute atomic E-state index is 0.150. The van der Waals surface area contributed by atoms with Crippen molar-refractivity contribution in [3.63, 3.8) is 0 Å². The van der Waals surface area contributed by atoms with Gasteiger partial charge in [0.1, 0.15) is 5.75 Å². The number of hydrogen-bond acceptors (Lipinski definition) is 3. The van der Waals surface area contributed by atoms with Crippen LogP contribution >= 0.6 is 0 Å². The van der Waals surface area contributed by atoms with Gasteiger partial charge in [-0.25, -0.2) is 0 Å². The molecular formula is C16H19N3O2. The van der Waals surface area contributed by atoms with E-state index in [9.17, 15) is 9.90 Å². The number of carbonyl (C=O) groups is 1. The van der Waals surface area contributed by atoms with E-state index >= 15 is 0 Å². The number of nitrogens with one attached hydrogen (secondary N) is 1. The van der Waals surface area contributed by atoms with Gasteiger partial charge in [-0.15, -0.1) is 6.42 Å². The van der Waals surface area contributed by atoms with Crippen LogP contribution in [-0.2, 0) is 11.3 Å². The van der Waals surface area contributed by atoms with Crippen LogP contribution in [0.4, 0.5) is 0 Å². The standard InChI is InChI=1S/C16H19N3O2/c1-3-9-18-16(4-2,15(17)21)11-19-10-14(20)12-7-5-6-8-13(12)19/h2,5-8,10,18,20H,3,9,11H2,1H3,(H2,17,21). The van der Waals surface area contributed by atoms with E-state index in [1.165, 1.54) is 0 Å². The second kappa shape index (κ2) is 5.90. The number of aromatic nitrogens is 1. The third kappa shape index (κ3) is 2.71.